The summed E-state index contributed by atoms with van der Waals surface area (Å²) in [5.41, 5.74) is 0.557. The molecule has 0 aromatic rings. The normalized spacial score (nSPS) is 18.8. The van der Waals surface area contributed by atoms with Gasteiger partial charge >= 0.3 is 0 Å². The summed E-state index contributed by atoms with van der Waals surface area (Å²) in [4.78, 5) is 0. The van der Waals surface area contributed by atoms with Crippen LogP contribution in [0.2, 0.25) is 0 Å². The fourth-order valence-electron chi connectivity index (χ4n) is 2.97. The van der Waals surface area contributed by atoms with Crippen LogP contribution in [0, 0.1) is 5.41 Å². The van der Waals surface area contributed by atoms with Crippen molar-refractivity contribution >= 4 is 11.6 Å². The van der Waals surface area contributed by atoms with E-state index in [9.17, 15) is 0 Å². The zero-order valence-electron chi connectivity index (χ0n) is 12.6. The molecule has 0 aromatic heterocycles. The minimum absolute atomic E-state index is 0.399. The SMILES string of the molecule is CCCCCCCCCCCCC1(C(C)Cl)CC1. The van der Waals surface area contributed by atoms with Crippen molar-refractivity contribution in [2.75, 3.05) is 0 Å². The lowest BCUT2D eigenvalue weighted by atomic mass is 9.94. The molecule has 1 atom stereocenters. The highest BCUT2D eigenvalue weighted by Gasteiger charge is 2.45. The van der Waals surface area contributed by atoms with Gasteiger partial charge in [0.25, 0.3) is 0 Å². The number of hydrogen-bond donors (Lipinski definition) is 0. The first kappa shape index (κ1) is 16.3. The van der Waals surface area contributed by atoms with Crippen LogP contribution in [0.15, 0.2) is 0 Å². The molecule has 18 heavy (non-hydrogen) atoms. The molecule has 0 saturated heterocycles. The summed E-state index contributed by atoms with van der Waals surface area (Å²) in [6.45, 7) is 4.47. The van der Waals surface area contributed by atoms with Gasteiger partial charge < -0.3 is 0 Å². The van der Waals surface area contributed by atoms with Crippen LogP contribution < -0.4 is 0 Å². The average Bonchev–Trinajstić information content (AvgIpc) is 3.13. The van der Waals surface area contributed by atoms with E-state index in [0.717, 1.165) is 0 Å². The number of halogens is 1. The summed E-state index contributed by atoms with van der Waals surface area (Å²) < 4.78 is 0. The van der Waals surface area contributed by atoms with Gasteiger partial charge in [-0.3, -0.25) is 0 Å². The van der Waals surface area contributed by atoms with Crippen LogP contribution >= 0.6 is 11.6 Å². The Morgan fingerprint density at radius 3 is 1.67 bits per heavy atom. The van der Waals surface area contributed by atoms with Gasteiger partial charge in [-0.05, 0) is 31.6 Å². The topological polar surface area (TPSA) is 0 Å². The van der Waals surface area contributed by atoms with E-state index in [4.69, 9.17) is 11.6 Å². The minimum Gasteiger partial charge on any atom is -0.123 e. The van der Waals surface area contributed by atoms with E-state index < -0.39 is 0 Å². The number of rotatable bonds is 12. The molecule has 1 aliphatic rings. The number of alkyl halides is 1. The van der Waals surface area contributed by atoms with Crippen molar-refractivity contribution in [1.82, 2.24) is 0 Å². The van der Waals surface area contributed by atoms with Gasteiger partial charge in [-0.25, -0.2) is 0 Å². The van der Waals surface area contributed by atoms with Gasteiger partial charge in [0.05, 0.1) is 0 Å². The van der Waals surface area contributed by atoms with E-state index in [1.165, 1.54) is 83.5 Å². The Balaban J connectivity index is 1.79. The minimum atomic E-state index is 0.399. The first-order valence-corrected chi connectivity index (χ1v) is 8.79. The molecule has 0 aromatic carbocycles. The Kier molecular flexibility index (Phi) is 8.39. The molecule has 0 bridgehead atoms. The molecule has 0 N–H and O–H groups in total. The van der Waals surface area contributed by atoms with Crippen LogP contribution in [0.25, 0.3) is 0 Å². The Bertz CT molecular complexity index is 194. The highest BCUT2D eigenvalue weighted by molar-refractivity contribution is 6.21. The zero-order valence-corrected chi connectivity index (χ0v) is 13.4. The van der Waals surface area contributed by atoms with E-state index in [2.05, 4.69) is 13.8 Å². The van der Waals surface area contributed by atoms with Gasteiger partial charge in [-0.1, -0.05) is 71.1 Å². The molecule has 0 spiro atoms. The van der Waals surface area contributed by atoms with Gasteiger partial charge in [0.1, 0.15) is 0 Å². The maximum absolute atomic E-state index is 6.25. The molecule has 1 unspecified atom stereocenters. The molecule has 1 saturated carbocycles. The second kappa shape index (κ2) is 9.23. The Morgan fingerprint density at radius 2 is 1.28 bits per heavy atom. The average molecular weight is 273 g/mol. The van der Waals surface area contributed by atoms with Crippen molar-refractivity contribution in [3.05, 3.63) is 0 Å². The fraction of sp³-hybridized carbons (Fsp3) is 1.00. The summed E-state index contributed by atoms with van der Waals surface area (Å²) in [6, 6.07) is 0. The Morgan fingerprint density at radius 1 is 0.833 bits per heavy atom. The van der Waals surface area contributed by atoms with E-state index in [1.54, 1.807) is 0 Å². The molecule has 1 heteroatoms. The maximum atomic E-state index is 6.25. The molecule has 0 nitrogen and oxygen atoms in total. The number of unbranched alkanes of at least 4 members (excludes halogenated alkanes) is 9. The lowest BCUT2D eigenvalue weighted by Gasteiger charge is -2.17. The predicted octanol–water partition coefficient (Wildman–Crippen LogP) is 6.70. The van der Waals surface area contributed by atoms with Crippen LogP contribution in [0.1, 0.15) is 97.3 Å². The van der Waals surface area contributed by atoms with E-state index >= 15 is 0 Å². The molecule has 0 aliphatic heterocycles. The summed E-state index contributed by atoms with van der Waals surface area (Å²) in [5, 5.41) is 0.399. The van der Waals surface area contributed by atoms with Crippen molar-refractivity contribution in [3.8, 4) is 0 Å². The molecule has 1 fully saturated rings. The third kappa shape index (κ3) is 6.45. The summed E-state index contributed by atoms with van der Waals surface area (Å²) >= 11 is 6.25. The molecule has 0 radical (unpaired) electrons. The first-order chi connectivity index (χ1) is 8.71. The highest BCUT2D eigenvalue weighted by atomic mass is 35.5. The zero-order chi connectivity index (χ0) is 13.3. The van der Waals surface area contributed by atoms with E-state index in [1.807, 2.05) is 0 Å². The molecule has 108 valence electrons. The van der Waals surface area contributed by atoms with E-state index in [0.29, 0.717) is 10.8 Å². The Labute approximate surface area is 120 Å². The van der Waals surface area contributed by atoms with Crippen LogP contribution in [0.4, 0.5) is 0 Å². The molecule has 0 heterocycles. The fourth-order valence-corrected chi connectivity index (χ4v) is 3.30. The monoisotopic (exact) mass is 272 g/mol. The van der Waals surface area contributed by atoms with Gasteiger partial charge in [-0.15, -0.1) is 11.6 Å². The largest absolute Gasteiger partial charge is 0.123 e. The molecule has 1 aliphatic carbocycles. The summed E-state index contributed by atoms with van der Waals surface area (Å²) in [7, 11) is 0. The van der Waals surface area contributed by atoms with E-state index in [-0.39, 0.29) is 0 Å². The van der Waals surface area contributed by atoms with Crippen molar-refractivity contribution in [1.29, 1.82) is 0 Å². The van der Waals surface area contributed by atoms with Crippen molar-refractivity contribution in [2.24, 2.45) is 5.41 Å². The first-order valence-electron chi connectivity index (χ1n) is 8.35. The molecule has 0 amide bonds. The highest BCUT2D eigenvalue weighted by Crippen LogP contribution is 2.54. The molecular formula is C17H33Cl. The quantitative estimate of drug-likeness (QED) is 0.274. The van der Waals surface area contributed by atoms with Gasteiger partial charge in [0.15, 0.2) is 0 Å². The summed E-state index contributed by atoms with van der Waals surface area (Å²) in [6.07, 6.45) is 18.5. The summed E-state index contributed by atoms with van der Waals surface area (Å²) in [5.74, 6) is 0. The van der Waals surface area contributed by atoms with Gasteiger partial charge in [0.2, 0.25) is 0 Å². The second-order valence-corrected chi connectivity index (χ2v) is 7.07. The van der Waals surface area contributed by atoms with Crippen LogP contribution in [-0.4, -0.2) is 5.38 Å². The predicted molar refractivity (Wildman–Crippen MR) is 83.4 cm³/mol. The van der Waals surface area contributed by atoms with Gasteiger partial charge in [0, 0.05) is 5.38 Å². The van der Waals surface area contributed by atoms with Crippen LogP contribution in [-0.2, 0) is 0 Å². The lowest BCUT2D eigenvalue weighted by Crippen LogP contribution is -2.12. The molecule has 1 rings (SSSR count). The Hall–Kier alpha value is 0.290. The van der Waals surface area contributed by atoms with Crippen LogP contribution in [0.3, 0.4) is 0 Å². The third-order valence-electron chi connectivity index (χ3n) is 4.76. The standard InChI is InChI=1S/C17H33Cl/c1-3-4-5-6-7-8-9-10-11-12-13-17(14-15-17)16(2)18/h16H,3-15H2,1-2H3. The van der Waals surface area contributed by atoms with Crippen LogP contribution in [0.5, 0.6) is 0 Å². The van der Waals surface area contributed by atoms with Gasteiger partial charge in [-0.2, -0.15) is 0 Å². The van der Waals surface area contributed by atoms with Crippen molar-refractivity contribution < 1.29 is 0 Å². The maximum Gasteiger partial charge on any atom is 0.0364 e. The molecular weight excluding hydrogens is 240 g/mol. The number of hydrogen-bond acceptors (Lipinski definition) is 0. The van der Waals surface area contributed by atoms with Crippen molar-refractivity contribution in [2.45, 2.75) is 103 Å². The van der Waals surface area contributed by atoms with Crippen molar-refractivity contribution in [3.63, 3.8) is 0 Å². The lowest BCUT2D eigenvalue weighted by molar-refractivity contribution is 0.423. The second-order valence-electron chi connectivity index (χ2n) is 6.41. The third-order valence-corrected chi connectivity index (χ3v) is 5.23. The smallest absolute Gasteiger partial charge is 0.0364 e.